The zero-order valence-electron chi connectivity index (χ0n) is 11.0. The van der Waals surface area contributed by atoms with Crippen LogP contribution in [0.4, 0.5) is 5.95 Å². The molecule has 1 aromatic rings. The zero-order valence-corrected chi connectivity index (χ0v) is 11.0. The first-order chi connectivity index (χ1) is 7.33. The molecule has 5 heteroatoms. The highest BCUT2D eigenvalue weighted by molar-refractivity contribution is 5.25. The van der Waals surface area contributed by atoms with Gasteiger partial charge in [-0.2, -0.15) is 5.10 Å². The lowest BCUT2D eigenvalue weighted by molar-refractivity contribution is 0.209. The topological polar surface area (TPSA) is 53.9 Å². The van der Waals surface area contributed by atoms with Gasteiger partial charge in [-0.1, -0.05) is 0 Å². The van der Waals surface area contributed by atoms with Crippen LogP contribution in [0.3, 0.4) is 0 Å². The van der Waals surface area contributed by atoms with Gasteiger partial charge in [0.1, 0.15) is 0 Å². The summed E-state index contributed by atoms with van der Waals surface area (Å²) in [7, 11) is 4.11. The van der Waals surface area contributed by atoms with Gasteiger partial charge in [-0.15, -0.1) is 5.10 Å². The van der Waals surface area contributed by atoms with E-state index >= 15 is 0 Å². The molecule has 0 bridgehead atoms. The largest absolute Gasteiger partial charge is 0.351 e. The second kappa shape index (κ2) is 4.74. The summed E-state index contributed by atoms with van der Waals surface area (Å²) < 4.78 is 0. The Bertz CT molecular complexity index is 359. The van der Waals surface area contributed by atoms with Gasteiger partial charge in [0.25, 0.3) is 0 Å². The van der Waals surface area contributed by atoms with Gasteiger partial charge in [0.2, 0.25) is 5.95 Å². The van der Waals surface area contributed by atoms with Crippen molar-refractivity contribution in [3.05, 3.63) is 11.4 Å². The van der Waals surface area contributed by atoms with Crippen LogP contribution < -0.4 is 5.32 Å². The molecule has 0 aliphatic carbocycles. The third-order valence-electron chi connectivity index (χ3n) is 2.98. The van der Waals surface area contributed by atoms with Crippen LogP contribution in [0.25, 0.3) is 0 Å². The molecule has 0 fully saturated rings. The van der Waals surface area contributed by atoms with E-state index in [4.69, 9.17) is 0 Å². The smallest absolute Gasteiger partial charge is 0.243 e. The Morgan fingerprint density at radius 3 is 2.25 bits per heavy atom. The van der Waals surface area contributed by atoms with Gasteiger partial charge >= 0.3 is 0 Å². The second-order valence-electron chi connectivity index (χ2n) is 4.87. The molecule has 0 aliphatic rings. The van der Waals surface area contributed by atoms with Gasteiger partial charge in [0.15, 0.2) is 0 Å². The van der Waals surface area contributed by atoms with Crippen molar-refractivity contribution in [3.8, 4) is 0 Å². The molecule has 16 heavy (non-hydrogen) atoms. The first-order valence-corrected chi connectivity index (χ1v) is 5.42. The number of aromatic nitrogens is 3. The van der Waals surface area contributed by atoms with Crippen molar-refractivity contribution in [2.45, 2.75) is 33.2 Å². The van der Waals surface area contributed by atoms with Gasteiger partial charge < -0.3 is 10.2 Å². The number of hydrogen-bond donors (Lipinski definition) is 1. The number of aryl methyl sites for hydroxylation is 2. The van der Waals surface area contributed by atoms with E-state index in [0.29, 0.717) is 5.95 Å². The lowest BCUT2D eigenvalue weighted by Gasteiger charge is -2.32. The van der Waals surface area contributed by atoms with E-state index in [1.165, 1.54) is 0 Å². The molecule has 0 aliphatic heterocycles. The molecule has 0 radical (unpaired) electrons. The average molecular weight is 223 g/mol. The lowest BCUT2D eigenvalue weighted by Crippen LogP contribution is -2.44. The Kier molecular flexibility index (Phi) is 3.80. The van der Waals surface area contributed by atoms with E-state index in [1.54, 1.807) is 0 Å². The summed E-state index contributed by atoms with van der Waals surface area (Å²) in [5, 5.41) is 11.3. The van der Waals surface area contributed by atoms with E-state index in [-0.39, 0.29) is 5.54 Å². The highest BCUT2D eigenvalue weighted by Gasteiger charge is 2.20. The number of anilines is 1. The van der Waals surface area contributed by atoms with Crippen LogP contribution in [0, 0.1) is 13.8 Å². The maximum Gasteiger partial charge on any atom is 0.243 e. The summed E-state index contributed by atoms with van der Waals surface area (Å²) in [4.78, 5) is 6.49. The van der Waals surface area contributed by atoms with Crippen LogP contribution in [0.5, 0.6) is 0 Å². The SMILES string of the molecule is Cc1nnc(NCC(C)(C)N(C)C)nc1C. The molecule has 0 spiro atoms. The molecular formula is C11H21N5. The van der Waals surface area contributed by atoms with E-state index in [9.17, 15) is 0 Å². The van der Waals surface area contributed by atoms with Crippen molar-refractivity contribution in [1.29, 1.82) is 0 Å². The minimum atomic E-state index is 0.0577. The molecule has 0 atom stereocenters. The Balaban J connectivity index is 2.65. The summed E-state index contributed by atoms with van der Waals surface area (Å²) in [6, 6.07) is 0. The third kappa shape index (κ3) is 3.13. The fourth-order valence-corrected chi connectivity index (χ4v) is 0.985. The van der Waals surface area contributed by atoms with E-state index in [2.05, 4.69) is 53.3 Å². The molecule has 1 N–H and O–H groups in total. The molecule has 0 unspecified atom stereocenters. The third-order valence-corrected chi connectivity index (χ3v) is 2.98. The molecule has 0 saturated carbocycles. The van der Waals surface area contributed by atoms with Crippen molar-refractivity contribution in [2.24, 2.45) is 0 Å². The molecule has 1 aromatic heterocycles. The van der Waals surface area contributed by atoms with Crippen molar-refractivity contribution in [2.75, 3.05) is 26.0 Å². The van der Waals surface area contributed by atoms with Gasteiger partial charge in [-0.05, 0) is 41.8 Å². The Labute approximate surface area is 97.3 Å². The van der Waals surface area contributed by atoms with Crippen LogP contribution >= 0.6 is 0 Å². The summed E-state index contributed by atoms with van der Waals surface area (Å²) in [5.41, 5.74) is 1.85. The molecule has 1 rings (SSSR count). The highest BCUT2D eigenvalue weighted by atomic mass is 15.3. The van der Waals surface area contributed by atoms with E-state index < -0.39 is 0 Å². The first-order valence-electron chi connectivity index (χ1n) is 5.42. The minimum absolute atomic E-state index is 0.0577. The molecule has 5 nitrogen and oxygen atoms in total. The predicted octanol–water partition coefficient (Wildman–Crippen LogP) is 1.24. The maximum atomic E-state index is 4.33. The van der Waals surface area contributed by atoms with Crippen LogP contribution in [0.15, 0.2) is 0 Å². The van der Waals surface area contributed by atoms with Gasteiger partial charge in [-0.25, -0.2) is 4.98 Å². The quantitative estimate of drug-likeness (QED) is 0.832. The monoisotopic (exact) mass is 223 g/mol. The molecule has 1 heterocycles. The Morgan fingerprint density at radius 1 is 1.12 bits per heavy atom. The van der Waals surface area contributed by atoms with Crippen LogP contribution in [-0.2, 0) is 0 Å². The number of rotatable bonds is 4. The fourth-order valence-electron chi connectivity index (χ4n) is 0.985. The Hall–Kier alpha value is -1.23. The van der Waals surface area contributed by atoms with Gasteiger partial charge in [-0.3, -0.25) is 0 Å². The van der Waals surface area contributed by atoms with Crippen molar-refractivity contribution in [3.63, 3.8) is 0 Å². The summed E-state index contributed by atoms with van der Waals surface area (Å²) >= 11 is 0. The van der Waals surface area contributed by atoms with Gasteiger partial charge in [0.05, 0.1) is 11.4 Å². The standard InChI is InChI=1S/C11H21N5/c1-8-9(2)14-15-10(13-8)12-7-11(3,4)16(5)6/h7H2,1-6H3,(H,12,13,15). The Morgan fingerprint density at radius 2 is 1.75 bits per heavy atom. The molecule has 0 aromatic carbocycles. The maximum absolute atomic E-state index is 4.33. The average Bonchev–Trinajstić information content (AvgIpc) is 2.20. The number of hydrogen-bond acceptors (Lipinski definition) is 5. The number of nitrogens with one attached hydrogen (secondary N) is 1. The zero-order chi connectivity index (χ0) is 12.3. The lowest BCUT2D eigenvalue weighted by atomic mass is 10.1. The minimum Gasteiger partial charge on any atom is -0.351 e. The van der Waals surface area contributed by atoms with Crippen molar-refractivity contribution >= 4 is 5.95 Å². The molecule has 0 saturated heterocycles. The van der Waals surface area contributed by atoms with Gasteiger partial charge in [0, 0.05) is 12.1 Å². The summed E-state index contributed by atoms with van der Waals surface area (Å²) in [6.45, 7) is 8.95. The van der Waals surface area contributed by atoms with E-state index in [0.717, 1.165) is 17.9 Å². The predicted molar refractivity (Wildman–Crippen MR) is 65.6 cm³/mol. The number of nitrogens with zero attached hydrogens (tertiary/aromatic N) is 4. The highest BCUT2D eigenvalue weighted by Crippen LogP contribution is 2.10. The molecule has 0 amide bonds. The van der Waals surface area contributed by atoms with E-state index in [1.807, 2.05) is 13.8 Å². The summed E-state index contributed by atoms with van der Waals surface area (Å²) in [6.07, 6.45) is 0. The summed E-state index contributed by atoms with van der Waals surface area (Å²) in [5.74, 6) is 0.595. The van der Waals surface area contributed by atoms with Crippen LogP contribution in [0.2, 0.25) is 0 Å². The van der Waals surface area contributed by atoms with Crippen LogP contribution in [0.1, 0.15) is 25.2 Å². The second-order valence-corrected chi connectivity index (χ2v) is 4.87. The first kappa shape index (κ1) is 12.8. The fraction of sp³-hybridized carbons (Fsp3) is 0.727. The normalized spacial score (nSPS) is 11.9. The molecular weight excluding hydrogens is 202 g/mol. The number of likely N-dealkylation sites (N-methyl/N-ethyl adjacent to an activating group) is 1. The van der Waals surface area contributed by atoms with Crippen molar-refractivity contribution < 1.29 is 0 Å². The van der Waals surface area contributed by atoms with Crippen LogP contribution in [-0.4, -0.2) is 46.3 Å². The molecule has 90 valence electrons. The van der Waals surface area contributed by atoms with Crippen molar-refractivity contribution in [1.82, 2.24) is 20.1 Å².